The number of thioether (sulfide) groups is 1. The van der Waals surface area contributed by atoms with Crippen LogP contribution in [0.4, 0.5) is 10.1 Å². The van der Waals surface area contributed by atoms with Crippen LogP contribution in [0.1, 0.15) is 15.9 Å². The summed E-state index contributed by atoms with van der Waals surface area (Å²) in [6.07, 6.45) is 0.273. The van der Waals surface area contributed by atoms with Gasteiger partial charge in [-0.3, -0.25) is 4.79 Å². The molecule has 1 aromatic heterocycles. The van der Waals surface area contributed by atoms with E-state index in [0.29, 0.717) is 21.0 Å². The van der Waals surface area contributed by atoms with Crippen LogP contribution in [0, 0.1) is 5.82 Å². The zero-order valence-corrected chi connectivity index (χ0v) is 16.6. The number of thiophene rings is 1. The fraction of sp³-hybridized carbons (Fsp3) is 0.100. The summed E-state index contributed by atoms with van der Waals surface area (Å²) >= 11 is 8.42. The number of carboxylic acid groups (broad SMARTS) is 1. The van der Waals surface area contributed by atoms with E-state index in [-0.39, 0.29) is 29.4 Å². The third kappa shape index (κ3) is 3.53. The van der Waals surface area contributed by atoms with Gasteiger partial charge in [-0.1, -0.05) is 29.8 Å². The maximum absolute atomic E-state index is 13.9. The van der Waals surface area contributed by atoms with Crippen LogP contribution < -0.4 is 5.32 Å². The molecule has 0 spiro atoms. The molecule has 1 atom stereocenters. The van der Waals surface area contributed by atoms with Gasteiger partial charge in [0.05, 0.1) is 15.8 Å². The minimum absolute atomic E-state index is 0.0346. The van der Waals surface area contributed by atoms with Gasteiger partial charge in [-0.25, -0.2) is 9.18 Å². The molecule has 1 unspecified atom stereocenters. The first kappa shape index (κ1) is 19.0. The zero-order chi connectivity index (χ0) is 19.8. The standard InChI is InChI=1S/C20H13ClFNO3S2/c21-11-6-4-10(5-7-11)18-17(20(25)26)14(9-27-18)23-19(24)16-8-12-13(22)2-1-3-15(12)28-16/h1-7,9,16H,8H2,(H,23,24)(H,25,26). The summed E-state index contributed by atoms with van der Waals surface area (Å²) in [7, 11) is 0. The molecule has 2 aromatic carbocycles. The van der Waals surface area contributed by atoms with Crippen molar-refractivity contribution in [2.45, 2.75) is 16.6 Å². The van der Waals surface area contributed by atoms with E-state index in [0.717, 1.165) is 4.90 Å². The van der Waals surface area contributed by atoms with Gasteiger partial charge in [0.15, 0.2) is 0 Å². The summed E-state index contributed by atoms with van der Waals surface area (Å²) in [5.41, 5.74) is 1.51. The van der Waals surface area contributed by atoms with Crippen LogP contribution in [0.2, 0.25) is 5.02 Å². The van der Waals surface area contributed by atoms with Crippen molar-refractivity contribution in [3.05, 3.63) is 69.8 Å². The van der Waals surface area contributed by atoms with Crippen molar-refractivity contribution < 1.29 is 19.1 Å². The summed E-state index contributed by atoms with van der Waals surface area (Å²) in [5.74, 6) is -1.80. The number of nitrogens with one attached hydrogen (secondary N) is 1. The number of rotatable bonds is 4. The van der Waals surface area contributed by atoms with Crippen molar-refractivity contribution in [2.24, 2.45) is 0 Å². The van der Waals surface area contributed by atoms with Gasteiger partial charge in [0.2, 0.25) is 5.91 Å². The number of benzene rings is 2. The van der Waals surface area contributed by atoms with Crippen LogP contribution >= 0.6 is 34.7 Å². The number of hydrogen-bond donors (Lipinski definition) is 2. The van der Waals surface area contributed by atoms with Crippen LogP contribution in [-0.2, 0) is 11.2 Å². The van der Waals surface area contributed by atoms with Gasteiger partial charge >= 0.3 is 5.97 Å². The van der Waals surface area contributed by atoms with Crippen molar-refractivity contribution in [1.29, 1.82) is 0 Å². The lowest BCUT2D eigenvalue weighted by Crippen LogP contribution is -2.25. The van der Waals surface area contributed by atoms with Crippen molar-refractivity contribution in [1.82, 2.24) is 0 Å². The number of amides is 1. The molecular formula is C20H13ClFNO3S2. The Morgan fingerprint density at radius 3 is 2.61 bits per heavy atom. The topological polar surface area (TPSA) is 66.4 Å². The summed E-state index contributed by atoms with van der Waals surface area (Å²) in [6, 6.07) is 11.6. The average molecular weight is 434 g/mol. The highest BCUT2D eigenvalue weighted by Gasteiger charge is 2.31. The Kier molecular flexibility index (Phi) is 5.14. The molecule has 0 saturated carbocycles. The number of halogens is 2. The van der Waals surface area contributed by atoms with E-state index in [9.17, 15) is 19.1 Å². The predicted octanol–water partition coefficient (Wildman–Crippen LogP) is 5.56. The van der Waals surface area contributed by atoms with Crippen LogP contribution in [-0.4, -0.2) is 22.2 Å². The molecule has 1 amide bonds. The molecule has 28 heavy (non-hydrogen) atoms. The number of carbonyl (C=O) groups excluding carboxylic acids is 1. The molecule has 0 radical (unpaired) electrons. The van der Waals surface area contributed by atoms with Crippen molar-refractivity contribution in [3.8, 4) is 10.4 Å². The number of fused-ring (bicyclic) bond motifs is 1. The van der Waals surface area contributed by atoms with E-state index in [2.05, 4.69) is 5.32 Å². The molecule has 4 nitrogen and oxygen atoms in total. The lowest BCUT2D eigenvalue weighted by Gasteiger charge is -2.10. The highest BCUT2D eigenvalue weighted by molar-refractivity contribution is 8.01. The SMILES string of the molecule is O=C(O)c1c(NC(=O)C2Cc3c(F)cccc3S2)csc1-c1ccc(Cl)cc1. The number of hydrogen-bond acceptors (Lipinski definition) is 4. The number of carboxylic acids is 1. The predicted molar refractivity (Wildman–Crippen MR) is 110 cm³/mol. The van der Waals surface area contributed by atoms with Gasteiger partial charge in [-0.05, 0) is 36.2 Å². The summed E-state index contributed by atoms with van der Waals surface area (Å²) < 4.78 is 13.9. The molecule has 8 heteroatoms. The quantitative estimate of drug-likeness (QED) is 0.565. The molecular weight excluding hydrogens is 421 g/mol. The van der Waals surface area contributed by atoms with Crippen LogP contribution in [0.15, 0.2) is 52.7 Å². The molecule has 1 aliphatic heterocycles. The van der Waals surface area contributed by atoms with Crippen molar-refractivity contribution in [2.75, 3.05) is 5.32 Å². The maximum atomic E-state index is 13.9. The molecule has 142 valence electrons. The third-order valence-electron chi connectivity index (χ3n) is 4.40. The van der Waals surface area contributed by atoms with Crippen LogP contribution in [0.25, 0.3) is 10.4 Å². The van der Waals surface area contributed by atoms with E-state index in [4.69, 9.17) is 11.6 Å². The second kappa shape index (κ2) is 7.58. The van der Waals surface area contributed by atoms with Gasteiger partial charge < -0.3 is 10.4 Å². The van der Waals surface area contributed by atoms with Crippen molar-refractivity contribution >= 4 is 52.3 Å². The van der Waals surface area contributed by atoms with E-state index >= 15 is 0 Å². The Morgan fingerprint density at radius 1 is 1.18 bits per heavy atom. The first-order valence-corrected chi connectivity index (χ1v) is 10.4. The van der Waals surface area contributed by atoms with Gasteiger partial charge in [-0.15, -0.1) is 23.1 Å². The minimum Gasteiger partial charge on any atom is -0.478 e. The second-order valence-corrected chi connectivity index (χ2v) is 8.74. The molecule has 3 aromatic rings. The number of anilines is 1. The number of aromatic carboxylic acids is 1. The van der Waals surface area contributed by atoms with Gasteiger partial charge in [-0.2, -0.15) is 0 Å². The van der Waals surface area contributed by atoms with Crippen LogP contribution in [0.5, 0.6) is 0 Å². The minimum atomic E-state index is -1.13. The van der Waals surface area contributed by atoms with Gasteiger partial charge in [0, 0.05) is 20.9 Å². The van der Waals surface area contributed by atoms with E-state index < -0.39 is 11.2 Å². The molecule has 0 saturated heterocycles. The molecule has 0 fully saturated rings. The molecule has 0 bridgehead atoms. The average Bonchev–Trinajstić information content (AvgIpc) is 3.27. The summed E-state index contributed by atoms with van der Waals surface area (Å²) in [6.45, 7) is 0. The Morgan fingerprint density at radius 2 is 1.93 bits per heavy atom. The Bertz CT molecular complexity index is 1080. The first-order valence-electron chi connectivity index (χ1n) is 8.29. The molecule has 2 N–H and O–H groups in total. The fourth-order valence-corrected chi connectivity index (χ4v) is 5.39. The summed E-state index contributed by atoms with van der Waals surface area (Å²) in [4.78, 5) is 25.8. The highest BCUT2D eigenvalue weighted by atomic mass is 35.5. The van der Waals surface area contributed by atoms with Crippen LogP contribution in [0.3, 0.4) is 0 Å². The summed E-state index contributed by atoms with van der Waals surface area (Å²) in [5, 5.41) is 14.0. The molecule has 2 heterocycles. The largest absolute Gasteiger partial charge is 0.478 e. The van der Waals surface area contributed by atoms with Gasteiger partial charge in [0.25, 0.3) is 0 Å². The Balaban J connectivity index is 1.59. The second-order valence-electron chi connectivity index (χ2n) is 6.18. The van der Waals surface area contributed by atoms with E-state index in [1.54, 1.807) is 41.8 Å². The normalized spacial score (nSPS) is 15.3. The van der Waals surface area contributed by atoms with E-state index in [1.807, 2.05) is 0 Å². The van der Waals surface area contributed by atoms with Gasteiger partial charge in [0.1, 0.15) is 11.4 Å². The lowest BCUT2D eigenvalue weighted by atomic mass is 10.1. The van der Waals surface area contributed by atoms with E-state index in [1.165, 1.54) is 29.2 Å². The monoisotopic (exact) mass is 433 g/mol. The Labute approximate surface area is 173 Å². The molecule has 1 aliphatic rings. The number of carbonyl (C=O) groups is 2. The third-order valence-corrected chi connectivity index (χ3v) is 6.98. The molecule has 4 rings (SSSR count). The fourth-order valence-electron chi connectivity index (χ4n) is 3.06. The maximum Gasteiger partial charge on any atom is 0.339 e. The smallest absolute Gasteiger partial charge is 0.339 e. The van der Waals surface area contributed by atoms with Crippen molar-refractivity contribution in [3.63, 3.8) is 0 Å². The lowest BCUT2D eigenvalue weighted by molar-refractivity contribution is -0.115. The highest BCUT2D eigenvalue weighted by Crippen LogP contribution is 2.40. The zero-order valence-electron chi connectivity index (χ0n) is 14.2. The molecule has 0 aliphatic carbocycles. The first-order chi connectivity index (χ1) is 13.4. The Hall–Kier alpha value is -2.35.